The third-order valence-electron chi connectivity index (χ3n) is 4.09. The molecule has 2 heterocycles. The number of fused-ring (bicyclic) bond motifs is 1. The average Bonchev–Trinajstić information content (AvgIpc) is 2.97. The Morgan fingerprint density at radius 2 is 2.14 bits per heavy atom. The lowest BCUT2D eigenvalue weighted by Gasteiger charge is -2.42. The van der Waals surface area contributed by atoms with Gasteiger partial charge < -0.3 is 9.84 Å². The van der Waals surface area contributed by atoms with Gasteiger partial charge in [-0.2, -0.15) is 4.31 Å². The standard InChI is InChI=1S/C13H17NO5S2/c15-13(16)12-11(5-8-20-12)21(17,18)14-6-7-19-10-4-2-1-3-9(10)14/h5,8-10H,1-4,6-7H2,(H,15,16)/t9-,10+/m0/s1. The van der Waals surface area contributed by atoms with Crippen molar-refractivity contribution in [2.24, 2.45) is 0 Å². The van der Waals surface area contributed by atoms with Crippen LogP contribution < -0.4 is 0 Å². The summed E-state index contributed by atoms with van der Waals surface area (Å²) in [6.07, 6.45) is 3.61. The Morgan fingerprint density at radius 3 is 2.90 bits per heavy atom. The van der Waals surface area contributed by atoms with Crippen molar-refractivity contribution in [2.75, 3.05) is 13.2 Å². The van der Waals surface area contributed by atoms with Crippen LogP contribution in [0.2, 0.25) is 0 Å². The van der Waals surface area contributed by atoms with Crippen molar-refractivity contribution < 1.29 is 23.1 Å². The van der Waals surface area contributed by atoms with Crippen LogP contribution in [-0.2, 0) is 14.8 Å². The highest BCUT2D eigenvalue weighted by molar-refractivity contribution is 7.89. The molecule has 0 amide bonds. The molecule has 1 N–H and O–H groups in total. The first-order valence-electron chi connectivity index (χ1n) is 6.96. The second kappa shape index (κ2) is 5.68. The smallest absolute Gasteiger partial charge is 0.347 e. The second-order valence-electron chi connectivity index (χ2n) is 5.30. The number of carboxylic acids is 1. The first kappa shape index (κ1) is 15.0. The fourth-order valence-corrected chi connectivity index (χ4v) is 6.04. The van der Waals surface area contributed by atoms with Crippen LogP contribution in [0.3, 0.4) is 0 Å². The Hall–Kier alpha value is -0.960. The first-order chi connectivity index (χ1) is 10.0. The van der Waals surface area contributed by atoms with Gasteiger partial charge in [-0.3, -0.25) is 0 Å². The third kappa shape index (κ3) is 2.61. The maximum absolute atomic E-state index is 12.8. The van der Waals surface area contributed by atoms with Crippen LogP contribution in [0.5, 0.6) is 0 Å². The van der Waals surface area contributed by atoms with Crippen molar-refractivity contribution in [1.82, 2.24) is 4.31 Å². The minimum absolute atomic E-state index is 0.0609. The lowest BCUT2D eigenvalue weighted by atomic mass is 9.91. The number of aromatic carboxylic acids is 1. The topological polar surface area (TPSA) is 83.9 Å². The van der Waals surface area contributed by atoms with E-state index in [1.165, 1.54) is 15.8 Å². The Kier molecular flexibility index (Phi) is 4.04. The van der Waals surface area contributed by atoms with E-state index in [4.69, 9.17) is 9.84 Å². The van der Waals surface area contributed by atoms with Crippen molar-refractivity contribution in [3.8, 4) is 0 Å². The van der Waals surface area contributed by atoms with E-state index in [9.17, 15) is 13.2 Å². The molecule has 1 aliphatic carbocycles. The summed E-state index contributed by atoms with van der Waals surface area (Å²) in [5, 5.41) is 10.7. The van der Waals surface area contributed by atoms with Gasteiger partial charge in [0.1, 0.15) is 9.77 Å². The van der Waals surface area contributed by atoms with Gasteiger partial charge in [0.15, 0.2) is 0 Å². The fourth-order valence-electron chi connectivity index (χ4n) is 3.14. The monoisotopic (exact) mass is 331 g/mol. The molecule has 1 aromatic heterocycles. The van der Waals surface area contributed by atoms with E-state index in [0.29, 0.717) is 13.2 Å². The Labute approximate surface area is 127 Å². The molecule has 1 aliphatic heterocycles. The summed E-state index contributed by atoms with van der Waals surface area (Å²) in [6.45, 7) is 0.658. The van der Waals surface area contributed by atoms with Gasteiger partial charge in [-0.15, -0.1) is 11.3 Å². The zero-order valence-corrected chi connectivity index (χ0v) is 13.0. The molecule has 1 aromatic rings. The molecule has 2 fully saturated rings. The maximum Gasteiger partial charge on any atom is 0.347 e. The normalized spacial score (nSPS) is 27.2. The number of sulfonamides is 1. The highest BCUT2D eigenvalue weighted by Gasteiger charge is 2.42. The van der Waals surface area contributed by atoms with E-state index in [1.807, 2.05) is 0 Å². The number of hydrogen-bond acceptors (Lipinski definition) is 5. The van der Waals surface area contributed by atoms with Crippen LogP contribution in [0.4, 0.5) is 0 Å². The van der Waals surface area contributed by atoms with Gasteiger partial charge in [-0.05, 0) is 24.3 Å². The lowest BCUT2D eigenvalue weighted by Crippen LogP contribution is -2.54. The summed E-state index contributed by atoms with van der Waals surface area (Å²) in [4.78, 5) is 11.0. The average molecular weight is 331 g/mol. The number of rotatable bonds is 3. The number of carboxylic acid groups (broad SMARTS) is 1. The highest BCUT2D eigenvalue weighted by atomic mass is 32.2. The molecule has 1 saturated heterocycles. The van der Waals surface area contributed by atoms with E-state index in [0.717, 1.165) is 37.0 Å². The summed E-state index contributed by atoms with van der Waals surface area (Å²) in [7, 11) is -3.78. The maximum atomic E-state index is 12.8. The second-order valence-corrected chi connectivity index (χ2v) is 8.07. The molecule has 0 bridgehead atoms. The fraction of sp³-hybridized carbons (Fsp3) is 0.615. The molecule has 3 rings (SSSR count). The lowest BCUT2D eigenvalue weighted by molar-refractivity contribution is -0.0586. The van der Waals surface area contributed by atoms with Crippen LogP contribution in [0.25, 0.3) is 0 Å². The van der Waals surface area contributed by atoms with Crippen LogP contribution in [0, 0.1) is 0 Å². The molecule has 2 aliphatic rings. The van der Waals surface area contributed by atoms with Gasteiger partial charge in [0, 0.05) is 6.54 Å². The summed E-state index contributed by atoms with van der Waals surface area (Å²) in [6, 6.07) is 1.22. The number of nitrogens with zero attached hydrogens (tertiary/aromatic N) is 1. The van der Waals surface area contributed by atoms with Gasteiger partial charge in [0.25, 0.3) is 0 Å². The molecule has 0 spiro atoms. The van der Waals surface area contributed by atoms with Crippen molar-refractivity contribution in [3.63, 3.8) is 0 Å². The van der Waals surface area contributed by atoms with Crippen LogP contribution >= 0.6 is 11.3 Å². The van der Waals surface area contributed by atoms with E-state index >= 15 is 0 Å². The van der Waals surface area contributed by atoms with Gasteiger partial charge in [0.05, 0.1) is 18.8 Å². The van der Waals surface area contributed by atoms with E-state index < -0.39 is 16.0 Å². The predicted molar refractivity (Wildman–Crippen MR) is 77.2 cm³/mol. The molecule has 116 valence electrons. The zero-order chi connectivity index (χ0) is 15.0. The number of hydrogen-bond donors (Lipinski definition) is 1. The van der Waals surface area contributed by atoms with Crippen molar-refractivity contribution in [3.05, 3.63) is 16.3 Å². The van der Waals surface area contributed by atoms with Gasteiger partial charge in [0.2, 0.25) is 10.0 Å². The van der Waals surface area contributed by atoms with Gasteiger partial charge in [-0.1, -0.05) is 12.8 Å². The minimum Gasteiger partial charge on any atom is -0.477 e. The number of carbonyl (C=O) groups is 1. The van der Waals surface area contributed by atoms with Crippen molar-refractivity contribution >= 4 is 27.3 Å². The molecule has 0 aromatic carbocycles. The number of thiophene rings is 1. The number of morpholine rings is 1. The molecule has 6 nitrogen and oxygen atoms in total. The largest absolute Gasteiger partial charge is 0.477 e. The molecule has 1 saturated carbocycles. The first-order valence-corrected chi connectivity index (χ1v) is 9.28. The molecular weight excluding hydrogens is 314 g/mol. The van der Waals surface area contributed by atoms with Crippen LogP contribution in [-0.4, -0.2) is 49.1 Å². The highest BCUT2D eigenvalue weighted by Crippen LogP contribution is 2.34. The van der Waals surface area contributed by atoms with E-state index in [1.54, 1.807) is 0 Å². The molecule has 21 heavy (non-hydrogen) atoms. The summed E-state index contributed by atoms with van der Waals surface area (Å²) >= 11 is 0.941. The van der Waals surface area contributed by atoms with Crippen molar-refractivity contribution in [2.45, 2.75) is 42.7 Å². The predicted octanol–water partition coefficient (Wildman–Crippen LogP) is 1.78. The van der Waals surface area contributed by atoms with Gasteiger partial charge in [-0.25, -0.2) is 13.2 Å². The molecule has 0 radical (unpaired) electrons. The summed E-state index contributed by atoms with van der Waals surface area (Å²) < 4.78 is 32.8. The third-order valence-corrected chi connectivity index (χ3v) is 7.09. The van der Waals surface area contributed by atoms with Crippen molar-refractivity contribution in [1.29, 1.82) is 0 Å². The summed E-state index contributed by atoms with van der Waals surface area (Å²) in [5.41, 5.74) is 0. The summed E-state index contributed by atoms with van der Waals surface area (Å²) in [5.74, 6) is -1.20. The molecular formula is C13H17NO5S2. The van der Waals surface area contributed by atoms with Crippen LogP contribution in [0.15, 0.2) is 16.3 Å². The van der Waals surface area contributed by atoms with E-state index in [2.05, 4.69) is 0 Å². The quantitative estimate of drug-likeness (QED) is 0.913. The van der Waals surface area contributed by atoms with Gasteiger partial charge >= 0.3 is 5.97 Å². The Bertz CT molecular complexity index is 637. The molecule has 8 heteroatoms. The number of ether oxygens (including phenoxy) is 1. The molecule has 2 atom stereocenters. The molecule has 0 unspecified atom stereocenters. The Balaban J connectivity index is 1.97. The van der Waals surface area contributed by atoms with Crippen LogP contribution in [0.1, 0.15) is 35.4 Å². The Morgan fingerprint density at radius 1 is 1.38 bits per heavy atom. The minimum atomic E-state index is -3.78. The zero-order valence-electron chi connectivity index (χ0n) is 11.4. The van der Waals surface area contributed by atoms with E-state index in [-0.39, 0.29) is 21.9 Å². The SMILES string of the molecule is O=C(O)c1sccc1S(=O)(=O)N1CCO[C@@H]2CCCC[C@@H]21.